The van der Waals surface area contributed by atoms with E-state index in [1.165, 1.54) is 13.3 Å². The predicted octanol–water partition coefficient (Wildman–Crippen LogP) is 1.77. The van der Waals surface area contributed by atoms with E-state index in [4.69, 9.17) is 4.74 Å². The SMILES string of the molecule is CNCc1ccc(Oc2ccnc(C(=O)OC)n2)cc1. The molecule has 1 N–H and O–H groups in total. The number of nitrogens with one attached hydrogen (secondary N) is 1. The number of carbonyl (C=O) groups is 1. The molecule has 0 saturated heterocycles. The third kappa shape index (κ3) is 3.52. The van der Waals surface area contributed by atoms with Crippen LogP contribution in [-0.4, -0.2) is 30.1 Å². The van der Waals surface area contributed by atoms with Crippen LogP contribution in [0.3, 0.4) is 0 Å². The van der Waals surface area contributed by atoms with Gasteiger partial charge in [0.1, 0.15) is 5.75 Å². The van der Waals surface area contributed by atoms with E-state index >= 15 is 0 Å². The maximum Gasteiger partial charge on any atom is 0.376 e. The third-order valence-corrected chi connectivity index (χ3v) is 2.52. The second-order valence-corrected chi connectivity index (χ2v) is 3.99. The molecule has 0 spiro atoms. The smallest absolute Gasteiger partial charge is 0.376 e. The van der Waals surface area contributed by atoms with E-state index in [9.17, 15) is 4.79 Å². The zero-order valence-corrected chi connectivity index (χ0v) is 11.3. The number of rotatable bonds is 5. The Morgan fingerprint density at radius 1 is 1.25 bits per heavy atom. The molecule has 1 aromatic carbocycles. The molecule has 20 heavy (non-hydrogen) atoms. The van der Waals surface area contributed by atoms with Crippen molar-refractivity contribution >= 4 is 5.97 Å². The molecule has 1 heterocycles. The summed E-state index contributed by atoms with van der Waals surface area (Å²) in [6.07, 6.45) is 1.45. The fourth-order valence-electron chi connectivity index (χ4n) is 1.59. The summed E-state index contributed by atoms with van der Waals surface area (Å²) in [5, 5.41) is 3.07. The lowest BCUT2D eigenvalue weighted by molar-refractivity contribution is 0.0585. The van der Waals surface area contributed by atoms with Crippen LogP contribution < -0.4 is 10.1 Å². The summed E-state index contributed by atoms with van der Waals surface area (Å²) >= 11 is 0. The van der Waals surface area contributed by atoms with Gasteiger partial charge >= 0.3 is 5.97 Å². The quantitative estimate of drug-likeness (QED) is 0.837. The van der Waals surface area contributed by atoms with E-state index in [1.807, 2.05) is 31.3 Å². The van der Waals surface area contributed by atoms with Crippen LogP contribution in [0.25, 0.3) is 0 Å². The van der Waals surface area contributed by atoms with E-state index < -0.39 is 5.97 Å². The van der Waals surface area contributed by atoms with Gasteiger partial charge in [0.05, 0.1) is 7.11 Å². The molecule has 0 aliphatic rings. The zero-order valence-electron chi connectivity index (χ0n) is 11.3. The maximum absolute atomic E-state index is 11.3. The molecule has 104 valence electrons. The van der Waals surface area contributed by atoms with Crippen LogP contribution in [0.1, 0.15) is 16.2 Å². The number of ether oxygens (including phenoxy) is 2. The molecule has 0 unspecified atom stereocenters. The molecule has 2 rings (SSSR count). The van der Waals surface area contributed by atoms with Gasteiger partial charge < -0.3 is 14.8 Å². The number of carbonyl (C=O) groups excluding carboxylic acids is 1. The third-order valence-electron chi connectivity index (χ3n) is 2.52. The van der Waals surface area contributed by atoms with Crippen LogP contribution >= 0.6 is 0 Å². The van der Waals surface area contributed by atoms with Crippen LogP contribution in [0, 0.1) is 0 Å². The summed E-state index contributed by atoms with van der Waals surface area (Å²) in [5.41, 5.74) is 1.15. The van der Waals surface area contributed by atoms with Gasteiger partial charge in [-0.1, -0.05) is 12.1 Å². The predicted molar refractivity (Wildman–Crippen MR) is 72.7 cm³/mol. The maximum atomic E-state index is 11.3. The molecule has 0 radical (unpaired) electrons. The lowest BCUT2D eigenvalue weighted by Gasteiger charge is -2.06. The number of hydrogen-bond donors (Lipinski definition) is 1. The summed E-state index contributed by atoms with van der Waals surface area (Å²) in [6, 6.07) is 9.16. The van der Waals surface area contributed by atoms with Crippen molar-refractivity contribution in [3.05, 3.63) is 47.9 Å². The molecule has 0 aliphatic heterocycles. The Kier molecular flexibility index (Phi) is 4.62. The standard InChI is InChI=1S/C14H15N3O3/c1-15-9-10-3-5-11(6-4-10)20-12-7-8-16-13(17-12)14(18)19-2/h3-8,15H,9H2,1-2H3. The van der Waals surface area contributed by atoms with E-state index in [2.05, 4.69) is 20.0 Å². The minimum Gasteiger partial charge on any atom is -0.463 e. The van der Waals surface area contributed by atoms with Crippen molar-refractivity contribution in [3.8, 4) is 11.6 Å². The van der Waals surface area contributed by atoms with Crippen LogP contribution in [0.5, 0.6) is 11.6 Å². The molecule has 6 heteroatoms. The second-order valence-electron chi connectivity index (χ2n) is 3.99. The lowest BCUT2D eigenvalue weighted by atomic mass is 10.2. The molecule has 0 aliphatic carbocycles. The van der Waals surface area contributed by atoms with Gasteiger partial charge in [0, 0.05) is 18.8 Å². The Morgan fingerprint density at radius 2 is 2.00 bits per heavy atom. The fourth-order valence-corrected chi connectivity index (χ4v) is 1.59. The molecule has 0 fully saturated rings. The number of esters is 1. The Morgan fingerprint density at radius 3 is 2.65 bits per heavy atom. The van der Waals surface area contributed by atoms with Crippen molar-refractivity contribution in [1.29, 1.82) is 0 Å². The molecule has 1 aromatic heterocycles. The van der Waals surface area contributed by atoms with Crippen LogP contribution in [0.4, 0.5) is 0 Å². The molecule has 6 nitrogen and oxygen atoms in total. The van der Waals surface area contributed by atoms with Crippen LogP contribution in [0.2, 0.25) is 0 Å². The molecular formula is C14H15N3O3. The Hall–Kier alpha value is -2.47. The highest BCUT2D eigenvalue weighted by molar-refractivity contribution is 5.84. The van der Waals surface area contributed by atoms with Crippen molar-refractivity contribution in [1.82, 2.24) is 15.3 Å². The number of aromatic nitrogens is 2. The first-order valence-electron chi connectivity index (χ1n) is 6.05. The molecule has 0 bridgehead atoms. The van der Waals surface area contributed by atoms with Gasteiger partial charge in [0.25, 0.3) is 0 Å². The zero-order chi connectivity index (χ0) is 14.4. The van der Waals surface area contributed by atoms with Gasteiger partial charge in [-0.2, -0.15) is 4.98 Å². The van der Waals surface area contributed by atoms with Gasteiger partial charge in [-0.15, -0.1) is 0 Å². The first-order chi connectivity index (χ1) is 9.72. The van der Waals surface area contributed by atoms with Gasteiger partial charge in [-0.25, -0.2) is 9.78 Å². The van der Waals surface area contributed by atoms with Crippen molar-refractivity contribution in [3.63, 3.8) is 0 Å². The van der Waals surface area contributed by atoms with Crippen LogP contribution in [-0.2, 0) is 11.3 Å². The van der Waals surface area contributed by atoms with Gasteiger partial charge in [-0.05, 0) is 24.7 Å². The van der Waals surface area contributed by atoms with Crippen molar-refractivity contribution in [2.45, 2.75) is 6.54 Å². The average molecular weight is 273 g/mol. The Labute approximate surface area is 116 Å². The summed E-state index contributed by atoms with van der Waals surface area (Å²) in [5.74, 6) is 0.303. The lowest BCUT2D eigenvalue weighted by Crippen LogP contribution is -2.07. The molecular weight excluding hydrogens is 258 g/mol. The summed E-state index contributed by atoms with van der Waals surface area (Å²) < 4.78 is 10.1. The number of hydrogen-bond acceptors (Lipinski definition) is 6. The highest BCUT2D eigenvalue weighted by Gasteiger charge is 2.10. The van der Waals surface area contributed by atoms with Gasteiger partial charge in [0.15, 0.2) is 0 Å². The second kappa shape index (κ2) is 6.63. The normalized spacial score (nSPS) is 10.1. The highest BCUT2D eigenvalue weighted by atomic mass is 16.5. The Balaban J connectivity index is 2.11. The monoisotopic (exact) mass is 273 g/mol. The summed E-state index contributed by atoms with van der Waals surface area (Å²) in [7, 11) is 3.17. The van der Waals surface area contributed by atoms with Crippen molar-refractivity contribution in [2.75, 3.05) is 14.2 Å². The van der Waals surface area contributed by atoms with Crippen molar-refractivity contribution < 1.29 is 14.3 Å². The fraction of sp³-hybridized carbons (Fsp3) is 0.214. The molecule has 0 atom stereocenters. The Bertz CT molecular complexity index is 584. The molecule has 0 saturated carbocycles. The van der Waals surface area contributed by atoms with Crippen molar-refractivity contribution in [2.24, 2.45) is 0 Å². The number of methoxy groups -OCH3 is 1. The minimum atomic E-state index is -0.597. The van der Waals surface area contributed by atoms with E-state index in [-0.39, 0.29) is 5.82 Å². The van der Waals surface area contributed by atoms with E-state index in [1.54, 1.807) is 6.07 Å². The van der Waals surface area contributed by atoms with Gasteiger partial charge in [0.2, 0.25) is 11.7 Å². The largest absolute Gasteiger partial charge is 0.463 e. The van der Waals surface area contributed by atoms with E-state index in [0.717, 1.165) is 12.1 Å². The van der Waals surface area contributed by atoms with E-state index in [0.29, 0.717) is 11.6 Å². The average Bonchev–Trinajstić information content (AvgIpc) is 2.49. The highest BCUT2D eigenvalue weighted by Crippen LogP contribution is 2.19. The van der Waals surface area contributed by atoms with Crippen LogP contribution in [0.15, 0.2) is 36.5 Å². The summed E-state index contributed by atoms with van der Waals surface area (Å²) in [4.78, 5) is 19.1. The minimum absolute atomic E-state index is 0.0307. The number of benzene rings is 1. The molecule has 0 amide bonds. The number of nitrogens with zero attached hydrogens (tertiary/aromatic N) is 2. The molecule has 2 aromatic rings. The first kappa shape index (κ1) is 14.0. The first-order valence-corrected chi connectivity index (χ1v) is 6.05. The summed E-state index contributed by atoms with van der Waals surface area (Å²) in [6.45, 7) is 0.792. The topological polar surface area (TPSA) is 73.3 Å². The van der Waals surface area contributed by atoms with Gasteiger partial charge in [-0.3, -0.25) is 0 Å².